The molecule has 1 aliphatic carbocycles. The number of fused-ring (bicyclic) bond motifs is 1. The van der Waals surface area contributed by atoms with E-state index in [1.807, 2.05) is 17.0 Å². The van der Waals surface area contributed by atoms with Gasteiger partial charge in [0.05, 0.1) is 6.54 Å². The zero-order chi connectivity index (χ0) is 13.9. The molecule has 0 spiro atoms. The first-order valence-corrected chi connectivity index (χ1v) is 7.61. The van der Waals surface area contributed by atoms with Crippen LogP contribution in [0.4, 0.5) is 0 Å². The number of benzene rings is 1. The van der Waals surface area contributed by atoms with Crippen LogP contribution in [0.5, 0.6) is 0 Å². The number of piperidine rings is 1. The third-order valence-electron chi connectivity index (χ3n) is 4.47. The molecule has 2 unspecified atom stereocenters. The smallest absolute Gasteiger partial charge is 0.236 e. The molecule has 3 rings (SSSR count). The van der Waals surface area contributed by atoms with Crippen LogP contribution in [-0.4, -0.2) is 30.4 Å². The molecule has 0 saturated carbocycles. The highest BCUT2D eigenvalue weighted by Gasteiger charge is 2.28. The van der Waals surface area contributed by atoms with Crippen molar-refractivity contribution in [2.75, 3.05) is 19.6 Å². The lowest BCUT2D eigenvalue weighted by atomic mass is 10.1. The van der Waals surface area contributed by atoms with Gasteiger partial charge in [0, 0.05) is 25.2 Å². The van der Waals surface area contributed by atoms with Crippen LogP contribution in [0.3, 0.4) is 0 Å². The van der Waals surface area contributed by atoms with Gasteiger partial charge in [-0.3, -0.25) is 4.79 Å². The number of amides is 1. The fourth-order valence-electron chi connectivity index (χ4n) is 3.33. The molecule has 1 aromatic carbocycles. The topological polar surface area (TPSA) is 58.4 Å². The van der Waals surface area contributed by atoms with Gasteiger partial charge in [-0.05, 0) is 36.8 Å². The number of hydrogen-bond donors (Lipinski definition) is 2. The van der Waals surface area contributed by atoms with Crippen LogP contribution in [0.15, 0.2) is 24.3 Å². The second-order valence-electron chi connectivity index (χ2n) is 5.85. The summed E-state index contributed by atoms with van der Waals surface area (Å²) in [7, 11) is 0. The molecule has 108 valence electrons. The summed E-state index contributed by atoms with van der Waals surface area (Å²) in [5, 5.41) is 3.39. The van der Waals surface area contributed by atoms with Crippen LogP contribution >= 0.6 is 0 Å². The van der Waals surface area contributed by atoms with E-state index >= 15 is 0 Å². The van der Waals surface area contributed by atoms with Crippen molar-refractivity contribution in [3.05, 3.63) is 35.4 Å². The van der Waals surface area contributed by atoms with Crippen LogP contribution in [0.1, 0.15) is 48.9 Å². The van der Waals surface area contributed by atoms with E-state index in [1.54, 1.807) is 0 Å². The molecule has 1 aliphatic heterocycles. The minimum atomic E-state index is 0.0915. The number of nitrogens with two attached hydrogens (primary N) is 1. The van der Waals surface area contributed by atoms with Gasteiger partial charge >= 0.3 is 0 Å². The van der Waals surface area contributed by atoms with Crippen molar-refractivity contribution in [2.24, 2.45) is 5.73 Å². The van der Waals surface area contributed by atoms with E-state index < -0.39 is 0 Å². The Morgan fingerprint density at radius 3 is 2.65 bits per heavy atom. The lowest BCUT2D eigenvalue weighted by Gasteiger charge is -2.27. The van der Waals surface area contributed by atoms with Gasteiger partial charge in [0.1, 0.15) is 0 Å². The Bertz CT molecular complexity index is 482. The van der Waals surface area contributed by atoms with Crippen LogP contribution in [0.25, 0.3) is 0 Å². The Labute approximate surface area is 120 Å². The average Bonchev–Trinajstić information content (AvgIpc) is 2.83. The van der Waals surface area contributed by atoms with Gasteiger partial charge in [-0.2, -0.15) is 0 Å². The van der Waals surface area contributed by atoms with Crippen molar-refractivity contribution in [1.29, 1.82) is 0 Å². The Morgan fingerprint density at radius 1 is 1.20 bits per heavy atom. The monoisotopic (exact) mass is 273 g/mol. The lowest BCUT2D eigenvalue weighted by molar-refractivity contribution is -0.131. The first-order chi connectivity index (χ1) is 9.75. The maximum absolute atomic E-state index is 12.2. The summed E-state index contributed by atoms with van der Waals surface area (Å²) >= 11 is 0. The van der Waals surface area contributed by atoms with Crippen molar-refractivity contribution >= 4 is 5.91 Å². The van der Waals surface area contributed by atoms with Crippen molar-refractivity contribution in [2.45, 2.75) is 37.8 Å². The van der Waals surface area contributed by atoms with Gasteiger partial charge in [0.2, 0.25) is 5.91 Å². The maximum atomic E-state index is 12.2. The number of nitrogens with one attached hydrogen (secondary N) is 1. The number of carbonyl (C=O) groups is 1. The van der Waals surface area contributed by atoms with Crippen LogP contribution in [0, 0.1) is 0 Å². The molecule has 1 saturated heterocycles. The van der Waals surface area contributed by atoms with Crippen LogP contribution < -0.4 is 11.1 Å². The molecule has 1 fully saturated rings. The molecule has 4 heteroatoms. The maximum Gasteiger partial charge on any atom is 0.236 e. The molecular weight excluding hydrogens is 250 g/mol. The quantitative estimate of drug-likeness (QED) is 0.882. The minimum absolute atomic E-state index is 0.0915. The molecule has 0 radical (unpaired) electrons. The zero-order valence-corrected chi connectivity index (χ0v) is 11.8. The molecular formula is C16H23N3O. The van der Waals surface area contributed by atoms with Crippen molar-refractivity contribution in [1.82, 2.24) is 10.2 Å². The highest BCUT2D eigenvalue weighted by Crippen LogP contribution is 2.36. The number of rotatable bonds is 3. The molecule has 1 heterocycles. The highest BCUT2D eigenvalue weighted by atomic mass is 16.2. The molecule has 1 amide bonds. The molecule has 0 bridgehead atoms. The number of hydrogen-bond acceptors (Lipinski definition) is 3. The van der Waals surface area contributed by atoms with E-state index in [9.17, 15) is 4.79 Å². The summed E-state index contributed by atoms with van der Waals surface area (Å²) < 4.78 is 0. The van der Waals surface area contributed by atoms with E-state index in [-0.39, 0.29) is 18.0 Å². The number of nitrogens with zero attached hydrogens (tertiary/aromatic N) is 1. The van der Waals surface area contributed by atoms with Gasteiger partial charge in [0.15, 0.2) is 0 Å². The predicted molar refractivity (Wildman–Crippen MR) is 79.2 cm³/mol. The minimum Gasteiger partial charge on any atom is -0.342 e. The van der Waals surface area contributed by atoms with E-state index in [1.165, 1.54) is 17.5 Å². The van der Waals surface area contributed by atoms with Gasteiger partial charge in [-0.25, -0.2) is 0 Å². The van der Waals surface area contributed by atoms with Gasteiger partial charge in [-0.15, -0.1) is 0 Å². The second-order valence-corrected chi connectivity index (χ2v) is 5.85. The van der Waals surface area contributed by atoms with Crippen molar-refractivity contribution in [3.63, 3.8) is 0 Å². The summed E-state index contributed by atoms with van der Waals surface area (Å²) in [6.45, 7) is 2.26. The van der Waals surface area contributed by atoms with Crippen LogP contribution in [-0.2, 0) is 4.79 Å². The Morgan fingerprint density at radius 2 is 1.90 bits per heavy atom. The third-order valence-corrected chi connectivity index (χ3v) is 4.47. The zero-order valence-electron chi connectivity index (χ0n) is 11.8. The highest BCUT2D eigenvalue weighted by molar-refractivity contribution is 5.78. The third kappa shape index (κ3) is 2.72. The predicted octanol–water partition coefficient (Wildman–Crippen LogP) is 1.73. The lowest BCUT2D eigenvalue weighted by Crippen LogP contribution is -2.41. The summed E-state index contributed by atoms with van der Waals surface area (Å²) in [4.78, 5) is 14.2. The second kappa shape index (κ2) is 5.94. The Kier molecular flexibility index (Phi) is 4.03. The van der Waals surface area contributed by atoms with Crippen molar-refractivity contribution < 1.29 is 4.79 Å². The normalized spacial score (nSPS) is 25.6. The Balaban J connectivity index is 1.58. The molecule has 20 heavy (non-hydrogen) atoms. The Hall–Kier alpha value is -1.39. The molecule has 1 aromatic rings. The van der Waals surface area contributed by atoms with Gasteiger partial charge in [-0.1, -0.05) is 24.3 Å². The first kappa shape index (κ1) is 13.6. The fraction of sp³-hybridized carbons (Fsp3) is 0.562. The van der Waals surface area contributed by atoms with E-state index in [0.29, 0.717) is 6.54 Å². The fourth-order valence-corrected chi connectivity index (χ4v) is 3.33. The number of likely N-dealkylation sites (tertiary alicyclic amines) is 1. The first-order valence-electron chi connectivity index (χ1n) is 7.61. The van der Waals surface area contributed by atoms with Gasteiger partial charge in [0.25, 0.3) is 0 Å². The summed E-state index contributed by atoms with van der Waals surface area (Å²) in [6.07, 6.45) is 4.42. The molecule has 2 atom stereocenters. The van der Waals surface area contributed by atoms with E-state index in [2.05, 4.69) is 17.4 Å². The van der Waals surface area contributed by atoms with E-state index in [4.69, 9.17) is 5.73 Å². The van der Waals surface area contributed by atoms with E-state index in [0.717, 1.165) is 32.4 Å². The molecule has 0 aromatic heterocycles. The summed E-state index contributed by atoms with van der Waals surface area (Å²) in [6, 6.07) is 8.58. The summed E-state index contributed by atoms with van der Waals surface area (Å²) in [5.41, 5.74) is 8.62. The largest absolute Gasteiger partial charge is 0.342 e. The molecule has 4 nitrogen and oxygen atoms in total. The summed E-state index contributed by atoms with van der Waals surface area (Å²) in [5.74, 6) is 0.225. The molecule has 2 aliphatic rings. The SMILES string of the molecule is NC1CC(NCC(=O)N2CCCCC2)c2ccccc21. The van der Waals surface area contributed by atoms with Gasteiger partial charge < -0.3 is 16.0 Å². The van der Waals surface area contributed by atoms with Crippen LogP contribution in [0.2, 0.25) is 0 Å². The van der Waals surface area contributed by atoms with Crippen molar-refractivity contribution in [3.8, 4) is 0 Å². The average molecular weight is 273 g/mol. The standard InChI is InChI=1S/C16H23N3O/c17-14-10-15(13-7-3-2-6-12(13)14)18-11-16(20)19-8-4-1-5-9-19/h2-3,6-7,14-15,18H,1,4-5,8-11,17H2. The number of carbonyl (C=O) groups excluding carboxylic acids is 1. The molecule has 3 N–H and O–H groups in total.